The van der Waals surface area contributed by atoms with E-state index in [0.717, 1.165) is 22.0 Å². The third-order valence-electron chi connectivity index (χ3n) is 5.41. The van der Waals surface area contributed by atoms with Crippen LogP contribution in [0.1, 0.15) is 17.0 Å². The van der Waals surface area contributed by atoms with Crippen molar-refractivity contribution in [3.05, 3.63) is 71.3 Å². The normalized spacial score (nSPS) is 16.6. The summed E-state index contributed by atoms with van der Waals surface area (Å²) in [4.78, 5) is 42.7. The van der Waals surface area contributed by atoms with Gasteiger partial charge in [-0.15, -0.1) is 0 Å². The van der Waals surface area contributed by atoms with E-state index < -0.39 is 17.8 Å². The number of pyridine rings is 1. The number of hydrogen-bond donors (Lipinski definition) is 1. The molecule has 1 aromatic carbocycles. The fourth-order valence-electron chi connectivity index (χ4n) is 3.90. The van der Waals surface area contributed by atoms with Gasteiger partial charge in [0.2, 0.25) is 6.79 Å². The molecule has 0 bridgehead atoms. The van der Waals surface area contributed by atoms with Crippen LogP contribution in [0, 0.1) is 13.8 Å². The van der Waals surface area contributed by atoms with Crippen molar-refractivity contribution in [3.63, 3.8) is 0 Å². The lowest BCUT2D eigenvalue weighted by molar-refractivity contribution is -0.122. The molecule has 0 unspecified atom stereocenters. The Hall–Kier alpha value is -4.40. The molecule has 9 nitrogen and oxygen atoms in total. The van der Waals surface area contributed by atoms with Crippen LogP contribution in [0.2, 0.25) is 0 Å². The van der Waals surface area contributed by atoms with Gasteiger partial charge in [-0.1, -0.05) is 0 Å². The topological polar surface area (TPSA) is 103 Å². The van der Waals surface area contributed by atoms with Crippen LogP contribution in [0.5, 0.6) is 11.5 Å². The van der Waals surface area contributed by atoms with E-state index in [1.165, 1.54) is 30.6 Å². The Labute approximate surface area is 182 Å². The smallest absolute Gasteiger partial charge is 0.335 e. The van der Waals surface area contributed by atoms with Crippen molar-refractivity contribution in [2.75, 3.05) is 11.7 Å². The summed E-state index contributed by atoms with van der Waals surface area (Å²) < 4.78 is 12.8. The van der Waals surface area contributed by atoms with E-state index in [2.05, 4.69) is 10.3 Å². The van der Waals surface area contributed by atoms with E-state index in [-0.39, 0.29) is 12.4 Å². The summed E-state index contributed by atoms with van der Waals surface area (Å²) in [6, 6.07) is 9.75. The molecule has 9 heteroatoms. The third kappa shape index (κ3) is 3.11. The van der Waals surface area contributed by atoms with Crippen molar-refractivity contribution < 1.29 is 23.9 Å². The van der Waals surface area contributed by atoms with Gasteiger partial charge in [-0.3, -0.25) is 19.9 Å². The summed E-state index contributed by atoms with van der Waals surface area (Å²) in [6.45, 7) is 4.00. The maximum absolute atomic E-state index is 13.1. The molecular formula is C23H18N4O5. The van der Waals surface area contributed by atoms with E-state index in [1.54, 1.807) is 0 Å². The van der Waals surface area contributed by atoms with Gasteiger partial charge in [-0.05, 0) is 55.8 Å². The van der Waals surface area contributed by atoms with Gasteiger partial charge in [0.1, 0.15) is 5.57 Å². The van der Waals surface area contributed by atoms with E-state index in [4.69, 9.17) is 9.47 Å². The molecule has 1 N–H and O–H groups in total. The number of urea groups is 1. The van der Waals surface area contributed by atoms with Crippen LogP contribution in [0.25, 0.3) is 11.8 Å². The molecule has 2 aliphatic heterocycles. The highest BCUT2D eigenvalue weighted by Crippen LogP contribution is 2.35. The first kappa shape index (κ1) is 19.6. The van der Waals surface area contributed by atoms with E-state index in [9.17, 15) is 14.4 Å². The summed E-state index contributed by atoms with van der Waals surface area (Å²) in [6.07, 6.45) is 4.44. The van der Waals surface area contributed by atoms with Gasteiger partial charge in [0.05, 0.1) is 5.69 Å². The molecule has 0 aliphatic carbocycles. The molecule has 1 fully saturated rings. The predicted molar refractivity (Wildman–Crippen MR) is 115 cm³/mol. The molecular weight excluding hydrogens is 412 g/mol. The Kier molecular flexibility index (Phi) is 4.51. The third-order valence-corrected chi connectivity index (χ3v) is 5.41. The summed E-state index contributed by atoms with van der Waals surface area (Å²) >= 11 is 0. The van der Waals surface area contributed by atoms with Crippen molar-refractivity contribution in [2.24, 2.45) is 0 Å². The lowest BCUT2D eigenvalue weighted by atomic mass is 10.1. The monoisotopic (exact) mass is 430 g/mol. The minimum atomic E-state index is -0.797. The van der Waals surface area contributed by atoms with Crippen LogP contribution in [0.3, 0.4) is 0 Å². The van der Waals surface area contributed by atoms with Crippen molar-refractivity contribution >= 4 is 29.6 Å². The number of carbonyl (C=O) groups excluding carboxylic acids is 3. The molecule has 32 heavy (non-hydrogen) atoms. The zero-order chi connectivity index (χ0) is 22.4. The molecule has 0 atom stereocenters. The average Bonchev–Trinajstić information content (AvgIpc) is 3.35. The first-order valence-corrected chi connectivity index (χ1v) is 9.84. The molecule has 160 valence electrons. The number of anilines is 1. The number of carbonyl (C=O) groups is 3. The number of hydrogen-bond acceptors (Lipinski definition) is 6. The number of nitrogens with zero attached hydrogens (tertiary/aromatic N) is 3. The van der Waals surface area contributed by atoms with Crippen molar-refractivity contribution in [3.8, 4) is 17.2 Å². The number of aromatic nitrogens is 2. The van der Waals surface area contributed by atoms with Crippen LogP contribution < -0.4 is 19.7 Å². The Morgan fingerprint density at radius 3 is 2.50 bits per heavy atom. The predicted octanol–water partition coefficient (Wildman–Crippen LogP) is 2.88. The molecule has 2 aliphatic rings. The number of aryl methyl sites for hydroxylation is 1. The van der Waals surface area contributed by atoms with Crippen molar-refractivity contribution in [1.82, 2.24) is 14.9 Å². The average molecular weight is 430 g/mol. The second kappa shape index (κ2) is 7.38. The number of amides is 4. The Morgan fingerprint density at radius 2 is 1.72 bits per heavy atom. The summed E-state index contributed by atoms with van der Waals surface area (Å²) in [5, 5.41) is 2.23. The van der Waals surface area contributed by atoms with Gasteiger partial charge in [0, 0.05) is 35.5 Å². The quantitative estimate of drug-likeness (QED) is 0.506. The van der Waals surface area contributed by atoms with Gasteiger partial charge in [-0.2, -0.15) is 0 Å². The van der Waals surface area contributed by atoms with Crippen LogP contribution >= 0.6 is 0 Å². The van der Waals surface area contributed by atoms with Crippen LogP contribution in [0.4, 0.5) is 10.5 Å². The Bertz CT molecular complexity index is 1310. The van der Waals surface area contributed by atoms with Gasteiger partial charge >= 0.3 is 6.03 Å². The van der Waals surface area contributed by atoms with Crippen LogP contribution in [-0.4, -0.2) is 34.2 Å². The van der Waals surface area contributed by atoms with Gasteiger partial charge in [0.25, 0.3) is 11.8 Å². The first-order chi connectivity index (χ1) is 15.4. The highest BCUT2D eigenvalue weighted by atomic mass is 16.7. The number of nitrogens with one attached hydrogen (secondary N) is 1. The largest absolute Gasteiger partial charge is 0.454 e. The molecule has 4 heterocycles. The number of imide groups is 2. The minimum Gasteiger partial charge on any atom is -0.454 e. The van der Waals surface area contributed by atoms with E-state index in [1.807, 2.05) is 42.7 Å². The molecule has 0 saturated carbocycles. The lowest BCUT2D eigenvalue weighted by Crippen LogP contribution is -2.54. The molecule has 2 aromatic heterocycles. The first-order valence-electron chi connectivity index (χ1n) is 9.84. The van der Waals surface area contributed by atoms with Gasteiger partial charge < -0.3 is 14.0 Å². The lowest BCUT2D eigenvalue weighted by Gasteiger charge is -2.26. The fourth-order valence-corrected chi connectivity index (χ4v) is 3.90. The standard InChI is InChI=1S/C23H18N4O5/c1-13-9-15(14(2)26(13)17-3-4-19-20(11-17)32-12-31-19)10-18-21(28)25-23(30)27(22(18)29)16-5-7-24-8-6-16/h3-11H,12H2,1-2H3,(H,25,28,30)/b18-10+. The Morgan fingerprint density at radius 1 is 0.969 bits per heavy atom. The molecule has 1 saturated heterocycles. The summed E-state index contributed by atoms with van der Waals surface area (Å²) in [7, 11) is 0. The summed E-state index contributed by atoms with van der Waals surface area (Å²) in [5.41, 5.74) is 3.46. The molecule has 0 spiro atoms. The van der Waals surface area contributed by atoms with Crippen molar-refractivity contribution in [2.45, 2.75) is 13.8 Å². The number of ether oxygens (including phenoxy) is 2. The zero-order valence-electron chi connectivity index (χ0n) is 17.3. The highest BCUT2D eigenvalue weighted by molar-refractivity contribution is 6.39. The van der Waals surface area contributed by atoms with Crippen LogP contribution in [-0.2, 0) is 9.59 Å². The second-order valence-electron chi connectivity index (χ2n) is 7.36. The van der Waals surface area contributed by atoms with E-state index >= 15 is 0 Å². The SMILES string of the molecule is Cc1cc(/C=C2\C(=O)NC(=O)N(c3ccncc3)C2=O)c(C)n1-c1ccc2c(c1)OCO2. The molecule has 5 rings (SSSR count). The number of benzene rings is 1. The number of rotatable bonds is 3. The van der Waals surface area contributed by atoms with Crippen molar-refractivity contribution in [1.29, 1.82) is 0 Å². The fraction of sp³-hybridized carbons (Fsp3) is 0.130. The van der Waals surface area contributed by atoms with Gasteiger partial charge in [-0.25, -0.2) is 9.69 Å². The second-order valence-corrected chi connectivity index (χ2v) is 7.36. The minimum absolute atomic E-state index is 0.132. The van der Waals surface area contributed by atoms with E-state index in [0.29, 0.717) is 22.7 Å². The molecule has 0 radical (unpaired) electrons. The maximum Gasteiger partial charge on any atom is 0.335 e. The molecule has 3 aromatic rings. The molecule has 4 amide bonds. The summed E-state index contributed by atoms with van der Waals surface area (Å²) in [5.74, 6) is -0.0943. The number of barbiturate groups is 1. The maximum atomic E-state index is 13.1. The Balaban J connectivity index is 1.55. The number of fused-ring (bicyclic) bond motifs is 1. The van der Waals surface area contributed by atoms with Gasteiger partial charge in [0.15, 0.2) is 11.5 Å². The van der Waals surface area contributed by atoms with Crippen LogP contribution in [0.15, 0.2) is 54.4 Å². The highest BCUT2D eigenvalue weighted by Gasteiger charge is 2.37. The zero-order valence-corrected chi connectivity index (χ0v) is 17.3.